The van der Waals surface area contributed by atoms with Crippen LogP contribution in [0.15, 0.2) is 22.7 Å². The van der Waals surface area contributed by atoms with Gasteiger partial charge in [-0.15, -0.1) is 0 Å². The molecule has 124 valence electrons. The van der Waals surface area contributed by atoms with E-state index < -0.39 is 11.2 Å². The maximum atomic E-state index is 13.4. The molecular weight excluding hydrogens is 373 g/mol. The smallest absolute Gasteiger partial charge is 0.229 e. The van der Waals surface area contributed by atoms with Crippen LogP contribution in [-0.2, 0) is 9.59 Å². The number of amides is 1. The highest BCUT2D eigenvalue weighted by molar-refractivity contribution is 9.10. The Kier molecular flexibility index (Phi) is 7.72. The lowest BCUT2D eigenvalue weighted by Crippen LogP contribution is -2.28. The van der Waals surface area contributed by atoms with Gasteiger partial charge in [-0.1, -0.05) is 57.5 Å². The van der Waals surface area contributed by atoms with Gasteiger partial charge in [-0.05, 0) is 29.8 Å². The van der Waals surface area contributed by atoms with Gasteiger partial charge in [0, 0.05) is 15.3 Å². The first-order chi connectivity index (χ1) is 9.75. The molecule has 1 aromatic rings. The number of anilines is 1. The van der Waals surface area contributed by atoms with Gasteiger partial charge in [-0.2, -0.15) is 0 Å². The van der Waals surface area contributed by atoms with Crippen molar-refractivity contribution in [1.29, 1.82) is 0 Å². The van der Waals surface area contributed by atoms with Crippen molar-refractivity contribution in [2.45, 2.75) is 41.5 Å². The minimum atomic E-state index is -0.528. The van der Waals surface area contributed by atoms with Crippen molar-refractivity contribution in [1.82, 2.24) is 0 Å². The van der Waals surface area contributed by atoms with Crippen LogP contribution in [0.2, 0.25) is 0 Å². The zero-order chi connectivity index (χ0) is 17.7. The molecule has 1 rings (SSSR count). The maximum absolute atomic E-state index is 13.4. The first-order valence-electron chi connectivity index (χ1n) is 6.71. The molecule has 0 radical (unpaired) electrons. The van der Waals surface area contributed by atoms with Gasteiger partial charge in [0.2, 0.25) is 11.1 Å². The number of nitrogens with one attached hydrogen (secondary N) is 1. The average molecular weight is 395 g/mol. The molecule has 0 spiro atoms. The summed E-state index contributed by atoms with van der Waals surface area (Å²) in [7, 11) is 0. The van der Waals surface area contributed by atoms with Crippen molar-refractivity contribution in [2.75, 3.05) is 5.32 Å². The zero-order valence-electron chi connectivity index (χ0n) is 13.7. The summed E-state index contributed by atoms with van der Waals surface area (Å²) in [5.41, 5.74) is -0.695. The summed E-state index contributed by atoms with van der Waals surface area (Å²) in [4.78, 5) is 21.8. The number of carbonyl (C=O) groups is 2. The second-order valence-corrected chi connectivity index (χ2v) is 8.11. The lowest BCUT2D eigenvalue weighted by Gasteiger charge is -2.17. The van der Waals surface area contributed by atoms with E-state index in [-0.39, 0.29) is 22.3 Å². The average Bonchev–Trinajstić information content (AvgIpc) is 2.31. The fourth-order valence-corrected chi connectivity index (χ4v) is 1.23. The standard InChI is InChI=1S/C11H13BrFNO.C5H9ClO/c1-11(2,3)10(15)14-9-5-4-7(12)6-8(9)13;1-5(2,3)4(6)7/h4-6H,1-3H3,(H,14,15);1-3H3. The third kappa shape index (κ3) is 7.90. The molecule has 0 atom stereocenters. The van der Waals surface area contributed by atoms with E-state index in [1.807, 2.05) is 0 Å². The lowest BCUT2D eigenvalue weighted by atomic mass is 9.95. The number of hydrogen-bond acceptors (Lipinski definition) is 2. The lowest BCUT2D eigenvalue weighted by molar-refractivity contribution is -0.123. The van der Waals surface area contributed by atoms with E-state index in [4.69, 9.17) is 11.6 Å². The summed E-state index contributed by atoms with van der Waals surface area (Å²) < 4.78 is 14.0. The normalized spacial score (nSPS) is 11.3. The Balaban J connectivity index is 0.000000534. The summed E-state index contributed by atoms with van der Waals surface area (Å²) in [6.07, 6.45) is 0. The minimum Gasteiger partial charge on any atom is -0.323 e. The van der Waals surface area contributed by atoms with Gasteiger partial charge in [0.25, 0.3) is 0 Å². The maximum Gasteiger partial charge on any atom is 0.229 e. The molecule has 0 aliphatic heterocycles. The van der Waals surface area contributed by atoms with Crippen molar-refractivity contribution in [2.24, 2.45) is 10.8 Å². The second kappa shape index (κ2) is 8.06. The van der Waals surface area contributed by atoms with Crippen LogP contribution in [0, 0.1) is 16.6 Å². The predicted octanol–water partition coefficient (Wildman–Crippen LogP) is 5.37. The fourth-order valence-electron chi connectivity index (χ4n) is 0.901. The SMILES string of the molecule is CC(C)(C)C(=O)Cl.CC(C)(C)C(=O)Nc1ccc(Br)cc1F. The monoisotopic (exact) mass is 393 g/mol. The Morgan fingerprint density at radius 3 is 1.86 bits per heavy atom. The van der Waals surface area contributed by atoms with Crippen molar-refractivity contribution in [3.63, 3.8) is 0 Å². The highest BCUT2D eigenvalue weighted by Gasteiger charge is 2.22. The van der Waals surface area contributed by atoms with Crippen LogP contribution in [0.1, 0.15) is 41.5 Å². The molecular formula is C16H22BrClFNO2. The van der Waals surface area contributed by atoms with Gasteiger partial charge in [-0.3, -0.25) is 9.59 Å². The number of hydrogen-bond donors (Lipinski definition) is 1. The highest BCUT2D eigenvalue weighted by Crippen LogP contribution is 2.22. The van der Waals surface area contributed by atoms with E-state index >= 15 is 0 Å². The molecule has 0 bridgehead atoms. The molecule has 22 heavy (non-hydrogen) atoms. The molecule has 1 aromatic carbocycles. The molecule has 0 saturated carbocycles. The first kappa shape index (κ1) is 21.1. The van der Waals surface area contributed by atoms with Gasteiger partial charge in [0.05, 0.1) is 5.69 Å². The molecule has 6 heteroatoms. The van der Waals surface area contributed by atoms with Crippen molar-refractivity contribution < 1.29 is 14.0 Å². The van der Waals surface area contributed by atoms with Crippen LogP contribution in [0.4, 0.5) is 10.1 Å². The zero-order valence-corrected chi connectivity index (χ0v) is 16.0. The Bertz CT molecular complexity index is 548. The van der Waals surface area contributed by atoms with E-state index in [1.165, 1.54) is 12.1 Å². The second-order valence-electron chi connectivity index (χ2n) is 6.85. The molecule has 0 aromatic heterocycles. The van der Waals surface area contributed by atoms with Gasteiger partial charge in [0.15, 0.2) is 0 Å². The quantitative estimate of drug-likeness (QED) is 0.651. The Labute approximate surface area is 144 Å². The van der Waals surface area contributed by atoms with E-state index in [0.29, 0.717) is 4.47 Å². The largest absolute Gasteiger partial charge is 0.323 e. The van der Waals surface area contributed by atoms with Crippen molar-refractivity contribution >= 4 is 44.4 Å². The molecule has 0 unspecified atom stereocenters. The molecule has 0 saturated heterocycles. The van der Waals surface area contributed by atoms with E-state index in [9.17, 15) is 14.0 Å². The molecule has 1 amide bonds. The third-order valence-electron chi connectivity index (χ3n) is 2.45. The summed E-state index contributed by atoms with van der Waals surface area (Å²) in [6, 6.07) is 4.53. The van der Waals surface area contributed by atoms with E-state index in [1.54, 1.807) is 47.6 Å². The predicted molar refractivity (Wildman–Crippen MR) is 92.5 cm³/mol. The Morgan fingerprint density at radius 2 is 1.55 bits per heavy atom. The number of halogens is 3. The topological polar surface area (TPSA) is 46.2 Å². The first-order valence-corrected chi connectivity index (χ1v) is 7.88. The van der Waals surface area contributed by atoms with Gasteiger partial charge >= 0.3 is 0 Å². The van der Waals surface area contributed by atoms with Crippen LogP contribution in [-0.4, -0.2) is 11.1 Å². The van der Waals surface area contributed by atoms with Crippen molar-refractivity contribution in [3.05, 3.63) is 28.5 Å². The summed E-state index contributed by atoms with van der Waals surface area (Å²) in [5.74, 6) is -0.648. The Morgan fingerprint density at radius 1 is 1.09 bits per heavy atom. The van der Waals surface area contributed by atoms with E-state index in [0.717, 1.165) is 0 Å². The summed E-state index contributed by atoms with van der Waals surface area (Å²) in [5, 5.41) is 2.26. The molecule has 0 fully saturated rings. The molecule has 3 nitrogen and oxygen atoms in total. The molecule has 0 heterocycles. The van der Waals surface area contributed by atoms with Crippen molar-refractivity contribution in [3.8, 4) is 0 Å². The van der Waals surface area contributed by atoms with Crippen LogP contribution in [0.25, 0.3) is 0 Å². The van der Waals surface area contributed by atoms with Gasteiger partial charge < -0.3 is 5.32 Å². The number of carbonyl (C=O) groups excluding carboxylic acids is 2. The Hall–Kier alpha value is -0.940. The number of benzene rings is 1. The van der Waals surface area contributed by atoms with Crippen LogP contribution in [0.3, 0.4) is 0 Å². The summed E-state index contributed by atoms with van der Waals surface area (Å²) >= 11 is 8.26. The van der Waals surface area contributed by atoms with Gasteiger partial charge in [0.1, 0.15) is 5.82 Å². The number of rotatable bonds is 1. The molecule has 0 aliphatic carbocycles. The minimum absolute atomic E-state index is 0.205. The van der Waals surface area contributed by atoms with Crippen LogP contribution < -0.4 is 5.32 Å². The molecule has 0 aliphatic rings. The summed E-state index contributed by atoms with van der Waals surface area (Å²) in [6.45, 7) is 10.7. The third-order valence-corrected chi connectivity index (χ3v) is 3.51. The van der Waals surface area contributed by atoms with Crippen LogP contribution >= 0.6 is 27.5 Å². The van der Waals surface area contributed by atoms with Gasteiger partial charge in [-0.25, -0.2) is 4.39 Å². The molecule has 1 N–H and O–H groups in total. The fraction of sp³-hybridized carbons (Fsp3) is 0.500. The van der Waals surface area contributed by atoms with E-state index in [2.05, 4.69) is 21.2 Å². The highest BCUT2D eigenvalue weighted by atomic mass is 79.9. The van der Waals surface area contributed by atoms with Crippen LogP contribution in [0.5, 0.6) is 0 Å².